The van der Waals surface area contributed by atoms with Gasteiger partial charge in [-0.3, -0.25) is 9.79 Å². The molecule has 7 heteroatoms. The van der Waals surface area contributed by atoms with Crippen molar-refractivity contribution in [2.24, 2.45) is 9.98 Å². The van der Waals surface area contributed by atoms with E-state index < -0.39 is 0 Å². The van der Waals surface area contributed by atoms with Crippen molar-refractivity contribution in [1.29, 1.82) is 0 Å². The predicted molar refractivity (Wildman–Crippen MR) is 94.3 cm³/mol. The maximum absolute atomic E-state index is 11.4. The predicted octanol–water partition coefficient (Wildman–Crippen LogP) is 2.81. The quantitative estimate of drug-likeness (QED) is 0.467. The zero-order chi connectivity index (χ0) is 16.1. The molecule has 0 aliphatic rings. The van der Waals surface area contributed by atoms with E-state index in [1.54, 1.807) is 23.8 Å². The number of hydrogen-bond acceptors (Lipinski definition) is 6. The van der Waals surface area contributed by atoms with Gasteiger partial charge >= 0.3 is 0 Å². The van der Waals surface area contributed by atoms with Crippen LogP contribution in [0.1, 0.15) is 16.6 Å². The van der Waals surface area contributed by atoms with Gasteiger partial charge in [-0.2, -0.15) is 0 Å². The van der Waals surface area contributed by atoms with Gasteiger partial charge in [0.1, 0.15) is 4.83 Å². The molecule has 6 nitrogen and oxygen atoms in total. The van der Waals surface area contributed by atoms with Gasteiger partial charge in [0.25, 0.3) is 0 Å². The van der Waals surface area contributed by atoms with E-state index in [2.05, 4.69) is 15.0 Å². The van der Waals surface area contributed by atoms with E-state index in [4.69, 9.17) is 0 Å². The molecule has 0 atom stereocenters. The fourth-order valence-electron chi connectivity index (χ4n) is 1.98. The molecule has 22 heavy (non-hydrogen) atoms. The lowest BCUT2D eigenvalue weighted by molar-refractivity contribution is 0.112. The Morgan fingerprint density at radius 2 is 2.09 bits per heavy atom. The number of aldehydes is 1. The maximum Gasteiger partial charge on any atom is 0.162 e. The summed E-state index contributed by atoms with van der Waals surface area (Å²) in [6.45, 7) is 2.68. The molecule has 0 N–H and O–H groups in total. The minimum Gasteiger partial charge on any atom is -0.377 e. The van der Waals surface area contributed by atoms with Crippen molar-refractivity contribution in [3.63, 3.8) is 0 Å². The summed E-state index contributed by atoms with van der Waals surface area (Å²) in [6, 6.07) is 1.92. The van der Waals surface area contributed by atoms with Crippen LogP contribution in [0, 0.1) is 0 Å². The Kier molecular flexibility index (Phi) is 5.21. The van der Waals surface area contributed by atoms with Gasteiger partial charge in [0, 0.05) is 33.9 Å². The third-order valence-corrected chi connectivity index (χ3v) is 3.99. The van der Waals surface area contributed by atoms with E-state index in [1.807, 2.05) is 39.0 Å². The number of rotatable bonds is 6. The number of nitrogens with zero attached hydrogens (tertiary/aromatic N) is 5. The van der Waals surface area contributed by atoms with Crippen molar-refractivity contribution in [3.8, 4) is 0 Å². The minimum absolute atomic E-state index is 0.578. The lowest BCUT2D eigenvalue weighted by Crippen LogP contribution is -2.13. The van der Waals surface area contributed by atoms with Gasteiger partial charge in [-0.1, -0.05) is 0 Å². The Morgan fingerprint density at radius 3 is 2.73 bits per heavy atom. The highest BCUT2D eigenvalue weighted by molar-refractivity contribution is 7.21. The molecule has 0 saturated heterocycles. The van der Waals surface area contributed by atoms with Crippen molar-refractivity contribution < 1.29 is 4.79 Å². The largest absolute Gasteiger partial charge is 0.377 e. The molecule has 0 unspecified atom stereocenters. The third-order valence-electron chi connectivity index (χ3n) is 2.98. The van der Waals surface area contributed by atoms with Crippen LogP contribution < -0.4 is 4.90 Å². The van der Waals surface area contributed by atoms with Gasteiger partial charge < -0.3 is 9.80 Å². The zero-order valence-corrected chi connectivity index (χ0v) is 14.0. The molecular formula is C15H19N5OS. The van der Waals surface area contributed by atoms with Crippen molar-refractivity contribution in [2.75, 3.05) is 32.6 Å². The van der Waals surface area contributed by atoms with Gasteiger partial charge in [0.2, 0.25) is 0 Å². The van der Waals surface area contributed by atoms with Crippen LogP contribution in [0.25, 0.3) is 10.2 Å². The van der Waals surface area contributed by atoms with Gasteiger partial charge in [-0.25, -0.2) is 9.98 Å². The monoisotopic (exact) mass is 317 g/mol. The highest BCUT2D eigenvalue weighted by Crippen LogP contribution is 2.40. The molecular weight excluding hydrogens is 298 g/mol. The molecule has 0 spiro atoms. The fraction of sp³-hybridized carbons (Fsp3) is 0.333. The first kappa shape index (κ1) is 16.1. The van der Waals surface area contributed by atoms with Crippen LogP contribution in [0.15, 0.2) is 22.2 Å². The molecule has 0 aliphatic heterocycles. The van der Waals surface area contributed by atoms with Crippen LogP contribution in [0.5, 0.6) is 0 Å². The maximum atomic E-state index is 11.4. The molecule has 0 bridgehead atoms. The van der Waals surface area contributed by atoms with E-state index in [-0.39, 0.29) is 0 Å². The molecule has 0 fully saturated rings. The lowest BCUT2D eigenvalue weighted by Gasteiger charge is -2.13. The number of fused-ring (bicyclic) bond motifs is 1. The van der Waals surface area contributed by atoms with Gasteiger partial charge in [-0.15, -0.1) is 11.3 Å². The van der Waals surface area contributed by atoms with Crippen LogP contribution in [0.4, 0.5) is 11.4 Å². The van der Waals surface area contributed by atoms with Crippen LogP contribution in [0.3, 0.4) is 0 Å². The SMILES string of the molecule is CCN=CN(C)C=Nc1c(C=O)sc2nccc(N(C)C)c12. The van der Waals surface area contributed by atoms with E-state index >= 15 is 0 Å². The Hall–Kier alpha value is -2.28. The van der Waals surface area contributed by atoms with Crippen molar-refractivity contribution in [2.45, 2.75) is 6.92 Å². The second kappa shape index (κ2) is 7.13. The highest BCUT2D eigenvalue weighted by atomic mass is 32.1. The topological polar surface area (TPSA) is 61.2 Å². The smallest absolute Gasteiger partial charge is 0.162 e. The summed E-state index contributed by atoms with van der Waals surface area (Å²) in [7, 11) is 5.77. The van der Waals surface area contributed by atoms with E-state index in [1.165, 1.54) is 11.3 Å². The molecule has 0 amide bonds. The average Bonchev–Trinajstić information content (AvgIpc) is 2.88. The van der Waals surface area contributed by atoms with Crippen molar-refractivity contribution in [1.82, 2.24) is 9.88 Å². The highest BCUT2D eigenvalue weighted by Gasteiger charge is 2.16. The third kappa shape index (κ3) is 3.30. The molecule has 2 heterocycles. The number of pyridine rings is 1. The molecule has 0 aliphatic carbocycles. The first-order chi connectivity index (χ1) is 10.6. The first-order valence-corrected chi connectivity index (χ1v) is 7.70. The molecule has 2 rings (SSSR count). The van der Waals surface area contributed by atoms with Crippen LogP contribution in [-0.4, -0.2) is 56.5 Å². The standard InChI is InChI=1S/C15H19N5OS/c1-5-16-9-20(4)10-18-14-12(8-21)22-15-13(14)11(19(2)3)6-7-17-15/h6-10H,5H2,1-4H3. The van der Waals surface area contributed by atoms with E-state index in [0.717, 1.165) is 22.2 Å². The summed E-state index contributed by atoms with van der Waals surface area (Å²) >= 11 is 1.35. The number of aliphatic imine (C=N–C) groups is 2. The summed E-state index contributed by atoms with van der Waals surface area (Å²) in [5, 5.41) is 0.900. The molecule has 0 saturated carbocycles. The molecule has 0 radical (unpaired) electrons. The van der Waals surface area contributed by atoms with Gasteiger partial charge in [-0.05, 0) is 13.0 Å². The molecule has 2 aromatic rings. The van der Waals surface area contributed by atoms with Crippen LogP contribution in [0.2, 0.25) is 0 Å². The summed E-state index contributed by atoms with van der Waals surface area (Å²) in [4.78, 5) is 29.5. The number of aromatic nitrogens is 1. The average molecular weight is 317 g/mol. The minimum atomic E-state index is 0.578. The molecule has 116 valence electrons. The van der Waals surface area contributed by atoms with E-state index in [0.29, 0.717) is 17.1 Å². The summed E-state index contributed by atoms with van der Waals surface area (Å²) in [5.74, 6) is 0. The fourth-order valence-corrected chi connectivity index (χ4v) is 2.90. The van der Waals surface area contributed by atoms with Gasteiger partial charge in [0.15, 0.2) is 6.29 Å². The summed E-state index contributed by atoms with van der Waals surface area (Å²) in [5.41, 5.74) is 1.65. The Labute approximate surface area is 133 Å². The summed E-state index contributed by atoms with van der Waals surface area (Å²) in [6.07, 6.45) is 5.93. The Balaban J connectivity index is 2.53. The van der Waals surface area contributed by atoms with Crippen LogP contribution in [-0.2, 0) is 0 Å². The first-order valence-electron chi connectivity index (χ1n) is 6.88. The van der Waals surface area contributed by atoms with Crippen molar-refractivity contribution in [3.05, 3.63) is 17.1 Å². The molecule has 0 aromatic carbocycles. The number of hydrogen-bond donors (Lipinski definition) is 0. The number of anilines is 1. The number of carbonyl (C=O) groups is 1. The lowest BCUT2D eigenvalue weighted by atomic mass is 10.2. The zero-order valence-electron chi connectivity index (χ0n) is 13.1. The number of thiophene rings is 1. The van der Waals surface area contributed by atoms with Gasteiger partial charge in [0.05, 0.1) is 34.3 Å². The number of carbonyl (C=O) groups excluding carboxylic acids is 1. The summed E-state index contributed by atoms with van der Waals surface area (Å²) < 4.78 is 0. The van der Waals surface area contributed by atoms with Crippen LogP contribution >= 0.6 is 11.3 Å². The normalized spacial score (nSPS) is 11.6. The second-order valence-electron chi connectivity index (χ2n) is 4.86. The van der Waals surface area contributed by atoms with Crippen molar-refractivity contribution >= 4 is 51.9 Å². The molecule has 2 aromatic heterocycles. The second-order valence-corrected chi connectivity index (χ2v) is 5.89. The van der Waals surface area contributed by atoms with E-state index in [9.17, 15) is 4.79 Å². The Bertz CT molecular complexity index is 720. The Morgan fingerprint density at radius 1 is 1.32 bits per heavy atom.